The number of halogens is 1. The molecule has 0 aliphatic carbocycles. The van der Waals surface area contributed by atoms with Crippen molar-refractivity contribution in [1.82, 2.24) is 10.2 Å². The maximum Gasteiger partial charge on any atom is 0.130 e. The van der Waals surface area contributed by atoms with E-state index in [-0.39, 0.29) is 17.5 Å². The van der Waals surface area contributed by atoms with Crippen molar-refractivity contribution in [3.05, 3.63) is 0 Å². The average molecular weight is 200 g/mol. The van der Waals surface area contributed by atoms with Gasteiger partial charge in [0.2, 0.25) is 0 Å². The third-order valence-corrected chi connectivity index (χ3v) is 3.83. The van der Waals surface area contributed by atoms with Crippen LogP contribution in [0.3, 0.4) is 0 Å². The Morgan fingerprint density at radius 3 is 2.50 bits per heavy atom. The van der Waals surface area contributed by atoms with Gasteiger partial charge in [0.05, 0.1) is 6.04 Å². The number of fused-ring (bicyclic) bond motifs is 2. The Morgan fingerprint density at radius 1 is 1.36 bits per heavy atom. The minimum atomic E-state index is -1.00. The van der Waals surface area contributed by atoms with E-state index in [1.165, 1.54) is 0 Å². The van der Waals surface area contributed by atoms with Gasteiger partial charge in [0.1, 0.15) is 5.67 Å². The highest BCUT2D eigenvalue weighted by Crippen LogP contribution is 2.42. The van der Waals surface area contributed by atoms with Crippen molar-refractivity contribution in [2.45, 2.75) is 44.9 Å². The number of nitrogens with zero attached hydrogens (tertiary/aromatic N) is 1. The van der Waals surface area contributed by atoms with Crippen LogP contribution in [0.5, 0.6) is 0 Å². The molecule has 3 unspecified atom stereocenters. The highest BCUT2D eigenvalue weighted by molar-refractivity contribution is 5.10. The summed E-state index contributed by atoms with van der Waals surface area (Å²) in [5.74, 6) is 0.167. The zero-order chi connectivity index (χ0) is 10.6. The molecule has 2 fully saturated rings. The predicted molar refractivity (Wildman–Crippen MR) is 56.1 cm³/mol. The molecule has 14 heavy (non-hydrogen) atoms. The van der Waals surface area contributed by atoms with Gasteiger partial charge in [-0.1, -0.05) is 0 Å². The molecule has 0 aromatic heterocycles. The number of hydrogen-bond donors (Lipinski definition) is 1. The van der Waals surface area contributed by atoms with Crippen LogP contribution in [0.4, 0.5) is 4.39 Å². The number of hydrogen-bond acceptors (Lipinski definition) is 2. The first-order valence-corrected chi connectivity index (χ1v) is 5.50. The molecule has 2 saturated heterocycles. The van der Waals surface area contributed by atoms with Crippen molar-refractivity contribution >= 4 is 0 Å². The fourth-order valence-electron chi connectivity index (χ4n) is 2.83. The Kier molecular flexibility index (Phi) is 2.16. The van der Waals surface area contributed by atoms with Gasteiger partial charge in [-0.3, -0.25) is 4.90 Å². The minimum absolute atomic E-state index is 0.0567. The molecule has 0 aromatic rings. The second kappa shape index (κ2) is 2.92. The lowest BCUT2D eigenvalue weighted by Crippen LogP contribution is -2.56. The van der Waals surface area contributed by atoms with E-state index < -0.39 is 5.67 Å². The summed E-state index contributed by atoms with van der Waals surface area (Å²) in [5.41, 5.74) is -0.919. The molecule has 3 atom stereocenters. The zero-order valence-corrected chi connectivity index (χ0v) is 9.60. The van der Waals surface area contributed by atoms with Crippen molar-refractivity contribution in [1.29, 1.82) is 0 Å². The SMILES string of the molecule is CC1(F)C2CNCC1N(C(C)(C)C)C2. The van der Waals surface area contributed by atoms with Crippen LogP contribution in [0.25, 0.3) is 0 Å². The van der Waals surface area contributed by atoms with Gasteiger partial charge in [0, 0.05) is 31.1 Å². The molecule has 1 N–H and O–H groups in total. The predicted octanol–water partition coefficient (Wildman–Crippen LogP) is 1.42. The average Bonchev–Trinajstić information content (AvgIpc) is 2.23. The number of piperidine rings is 1. The van der Waals surface area contributed by atoms with Crippen LogP contribution in [0.1, 0.15) is 27.7 Å². The third kappa shape index (κ3) is 1.38. The molecule has 82 valence electrons. The Bertz CT molecular complexity index is 232. The Morgan fingerprint density at radius 2 is 2.00 bits per heavy atom. The molecule has 0 aromatic carbocycles. The minimum Gasteiger partial charge on any atom is -0.315 e. The van der Waals surface area contributed by atoms with E-state index in [0.717, 1.165) is 19.6 Å². The molecule has 2 rings (SSSR count). The Balaban J connectivity index is 2.26. The van der Waals surface area contributed by atoms with Gasteiger partial charge in [-0.2, -0.15) is 0 Å². The molecular weight excluding hydrogens is 179 g/mol. The van der Waals surface area contributed by atoms with Crippen molar-refractivity contribution in [3.8, 4) is 0 Å². The molecule has 2 bridgehead atoms. The third-order valence-electron chi connectivity index (χ3n) is 3.83. The standard InChI is InChI=1S/C11H21FN2/c1-10(2,3)14-7-8-5-13-6-9(14)11(8,4)12/h8-9,13H,5-7H2,1-4H3. The number of rotatable bonds is 0. The first-order valence-electron chi connectivity index (χ1n) is 5.50. The van der Waals surface area contributed by atoms with Crippen molar-refractivity contribution in [2.24, 2.45) is 5.92 Å². The van der Waals surface area contributed by atoms with E-state index in [1.807, 2.05) is 0 Å². The van der Waals surface area contributed by atoms with E-state index >= 15 is 0 Å². The van der Waals surface area contributed by atoms with Crippen LogP contribution in [0.2, 0.25) is 0 Å². The van der Waals surface area contributed by atoms with Crippen molar-refractivity contribution in [3.63, 3.8) is 0 Å². The molecular formula is C11H21FN2. The summed E-state index contributed by atoms with van der Waals surface area (Å²) in [6.45, 7) is 10.8. The van der Waals surface area contributed by atoms with Gasteiger partial charge in [-0.15, -0.1) is 0 Å². The maximum atomic E-state index is 14.4. The molecule has 0 spiro atoms. The smallest absolute Gasteiger partial charge is 0.130 e. The van der Waals surface area contributed by atoms with Gasteiger partial charge >= 0.3 is 0 Å². The highest BCUT2D eigenvalue weighted by atomic mass is 19.1. The van der Waals surface area contributed by atoms with Crippen LogP contribution >= 0.6 is 0 Å². The number of alkyl halides is 1. The number of nitrogens with one attached hydrogen (secondary N) is 1. The van der Waals surface area contributed by atoms with E-state index in [1.54, 1.807) is 6.92 Å². The normalized spacial score (nSPS) is 44.4. The molecule has 2 heterocycles. The fraction of sp³-hybridized carbons (Fsp3) is 1.00. The van der Waals surface area contributed by atoms with Crippen molar-refractivity contribution < 1.29 is 4.39 Å². The Labute approximate surface area is 85.9 Å². The lowest BCUT2D eigenvalue weighted by molar-refractivity contribution is 0.0353. The summed E-state index contributed by atoms with van der Waals surface area (Å²) in [5, 5.41) is 3.32. The summed E-state index contributed by atoms with van der Waals surface area (Å²) in [6, 6.07) is 0.0567. The van der Waals surface area contributed by atoms with Gasteiger partial charge in [0.15, 0.2) is 0 Å². The second-order valence-corrected chi connectivity index (χ2v) is 5.85. The molecule has 0 radical (unpaired) electrons. The fourth-order valence-corrected chi connectivity index (χ4v) is 2.83. The van der Waals surface area contributed by atoms with E-state index in [4.69, 9.17) is 0 Å². The maximum absolute atomic E-state index is 14.4. The van der Waals surface area contributed by atoms with Gasteiger partial charge in [-0.25, -0.2) is 4.39 Å². The first-order chi connectivity index (χ1) is 6.33. The summed E-state index contributed by atoms with van der Waals surface area (Å²) in [7, 11) is 0. The lowest BCUT2D eigenvalue weighted by atomic mass is 9.86. The molecule has 0 saturated carbocycles. The van der Waals surface area contributed by atoms with Gasteiger partial charge in [-0.05, 0) is 27.7 Å². The molecule has 2 aliphatic rings. The van der Waals surface area contributed by atoms with Gasteiger partial charge < -0.3 is 5.32 Å². The van der Waals surface area contributed by atoms with E-state index in [0.29, 0.717) is 0 Å². The summed E-state index contributed by atoms with van der Waals surface area (Å²) >= 11 is 0. The first kappa shape index (κ1) is 10.4. The highest BCUT2D eigenvalue weighted by Gasteiger charge is 2.55. The summed E-state index contributed by atoms with van der Waals surface area (Å²) in [4.78, 5) is 2.32. The molecule has 2 nitrogen and oxygen atoms in total. The molecule has 0 amide bonds. The quantitative estimate of drug-likeness (QED) is 0.636. The lowest BCUT2D eigenvalue weighted by Gasteiger charge is -2.40. The van der Waals surface area contributed by atoms with Crippen molar-refractivity contribution in [2.75, 3.05) is 19.6 Å². The van der Waals surface area contributed by atoms with Crippen LogP contribution in [-0.4, -0.2) is 41.8 Å². The molecule has 2 aliphatic heterocycles. The number of likely N-dealkylation sites (tertiary alicyclic amines) is 1. The van der Waals surface area contributed by atoms with Crippen LogP contribution < -0.4 is 5.32 Å². The second-order valence-electron chi connectivity index (χ2n) is 5.85. The summed E-state index contributed by atoms with van der Waals surface area (Å²) in [6.07, 6.45) is 0. The van der Waals surface area contributed by atoms with Crippen LogP contribution in [-0.2, 0) is 0 Å². The summed E-state index contributed by atoms with van der Waals surface area (Å²) < 4.78 is 14.4. The Hall–Kier alpha value is -0.150. The van der Waals surface area contributed by atoms with E-state index in [2.05, 4.69) is 31.0 Å². The molecule has 3 heteroatoms. The van der Waals surface area contributed by atoms with Gasteiger partial charge in [0.25, 0.3) is 0 Å². The largest absolute Gasteiger partial charge is 0.315 e. The zero-order valence-electron chi connectivity index (χ0n) is 9.60. The monoisotopic (exact) mass is 200 g/mol. The van der Waals surface area contributed by atoms with Crippen LogP contribution in [0, 0.1) is 5.92 Å². The topological polar surface area (TPSA) is 15.3 Å². The van der Waals surface area contributed by atoms with Crippen LogP contribution in [0.15, 0.2) is 0 Å². The van der Waals surface area contributed by atoms with E-state index in [9.17, 15) is 4.39 Å².